The molecule has 3 nitrogen and oxygen atoms in total. The number of rotatable bonds is 3. The van der Waals surface area contributed by atoms with E-state index in [1.54, 1.807) is 6.07 Å². The minimum absolute atomic E-state index is 0.138. The van der Waals surface area contributed by atoms with Gasteiger partial charge in [0.2, 0.25) is 0 Å². The summed E-state index contributed by atoms with van der Waals surface area (Å²) in [7, 11) is 0. The van der Waals surface area contributed by atoms with E-state index < -0.39 is 5.60 Å². The van der Waals surface area contributed by atoms with Crippen molar-refractivity contribution in [2.24, 2.45) is 5.92 Å². The quantitative estimate of drug-likeness (QED) is 0.792. The second-order valence-electron chi connectivity index (χ2n) is 5.35. The Kier molecular flexibility index (Phi) is 5.09. The molecule has 0 spiro atoms. The summed E-state index contributed by atoms with van der Waals surface area (Å²) in [6, 6.07) is 1.79. The van der Waals surface area contributed by atoms with Crippen LogP contribution in [0.2, 0.25) is 0 Å². The van der Waals surface area contributed by atoms with Crippen LogP contribution in [0.5, 0.6) is 0 Å². The van der Waals surface area contributed by atoms with E-state index in [0.29, 0.717) is 18.0 Å². The summed E-state index contributed by atoms with van der Waals surface area (Å²) in [4.78, 5) is 12.1. The van der Waals surface area contributed by atoms with Crippen molar-refractivity contribution in [3.63, 3.8) is 0 Å². The van der Waals surface area contributed by atoms with Crippen molar-refractivity contribution in [1.29, 1.82) is 0 Å². The molecule has 0 bridgehead atoms. The van der Waals surface area contributed by atoms with Gasteiger partial charge in [-0.05, 0) is 56.7 Å². The van der Waals surface area contributed by atoms with Gasteiger partial charge in [-0.3, -0.25) is 4.79 Å². The van der Waals surface area contributed by atoms with Gasteiger partial charge in [-0.15, -0.1) is 11.3 Å². The lowest BCUT2D eigenvalue weighted by Crippen LogP contribution is -2.45. The third-order valence-corrected chi connectivity index (χ3v) is 5.89. The fraction of sp³-hybridized carbons (Fsp3) is 0.615. The molecule has 1 fully saturated rings. The van der Waals surface area contributed by atoms with E-state index in [-0.39, 0.29) is 5.91 Å². The van der Waals surface area contributed by atoms with Crippen LogP contribution in [-0.4, -0.2) is 23.2 Å². The number of thiophene rings is 1. The van der Waals surface area contributed by atoms with Crippen LogP contribution in [0.4, 0.5) is 0 Å². The SMILES string of the molecule is CC1CCCC(O)(CNC(=O)c2cc(Br)sc2Br)C1. The molecule has 1 aromatic heterocycles. The summed E-state index contributed by atoms with van der Waals surface area (Å²) < 4.78 is 1.72. The molecular weight excluding hydrogens is 394 g/mol. The molecule has 0 aliphatic heterocycles. The highest BCUT2D eigenvalue weighted by Gasteiger charge is 2.33. The fourth-order valence-electron chi connectivity index (χ4n) is 2.63. The minimum Gasteiger partial charge on any atom is -0.388 e. The van der Waals surface area contributed by atoms with Crippen molar-refractivity contribution in [1.82, 2.24) is 5.32 Å². The van der Waals surface area contributed by atoms with Crippen molar-refractivity contribution in [2.75, 3.05) is 6.54 Å². The lowest BCUT2D eigenvalue weighted by Gasteiger charge is -2.35. The summed E-state index contributed by atoms with van der Waals surface area (Å²) in [6.07, 6.45) is 3.73. The van der Waals surface area contributed by atoms with E-state index >= 15 is 0 Å². The maximum Gasteiger partial charge on any atom is 0.253 e. The Balaban J connectivity index is 1.95. The van der Waals surface area contributed by atoms with E-state index in [1.807, 2.05) is 0 Å². The van der Waals surface area contributed by atoms with Gasteiger partial charge in [-0.25, -0.2) is 0 Å². The van der Waals surface area contributed by atoms with E-state index in [2.05, 4.69) is 44.1 Å². The molecule has 2 unspecified atom stereocenters. The molecule has 1 aliphatic carbocycles. The Hall–Kier alpha value is 0.0900. The molecule has 2 N–H and O–H groups in total. The number of halogens is 2. The largest absolute Gasteiger partial charge is 0.388 e. The van der Waals surface area contributed by atoms with Crippen LogP contribution in [0.15, 0.2) is 13.6 Å². The normalized spacial score (nSPS) is 27.3. The number of hydrogen-bond acceptors (Lipinski definition) is 3. The van der Waals surface area contributed by atoms with E-state index in [4.69, 9.17) is 0 Å². The first-order chi connectivity index (χ1) is 8.89. The Morgan fingerprint density at radius 3 is 2.95 bits per heavy atom. The zero-order valence-corrected chi connectivity index (χ0v) is 14.7. The fourth-order valence-corrected chi connectivity index (χ4v) is 5.42. The van der Waals surface area contributed by atoms with Gasteiger partial charge in [0.05, 0.1) is 18.7 Å². The lowest BCUT2D eigenvalue weighted by molar-refractivity contribution is -0.0109. The predicted octanol–water partition coefficient (Wildman–Crippen LogP) is 3.94. The number of carbonyl (C=O) groups is 1. The van der Waals surface area contributed by atoms with Gasteiger partial charge < -0.3 is 10.4 Å². The summed E-state index contributed by atoms with van der Waals surface area (Å²) in [6.45, 7) is 2.48. The molecule has 2 atom stereocenters. The van der Waals surface area contributed by atoms with Gasteiger partial charge >= 0.3 is 0 Å². The first-order valence-corrected chi connectivity index (χ1v) is 8.75. The van der Waals surface area contributed by atoms with Gasteiger partial charge in [0, 0.05) is 6.54 Å². The van der Waals surface area contributed by atoms with Crippen molar-refractivity contribution >= 4 is 49.1 Å². The molecule has 1 saturated carbocycles. The second kappa shape index (κ2) is 6.24. The van der Waals surface area contributed by atoms with Crippen molar-refractivity contribution in [3.05, 3.63) is 19.2 Å². The maximum absolute atomic E-state index is 12.1. The van der Waals surface area contributed by atoms with Crippen LogP contribution in [0.1, 0.15) is 43.0 Å². The van der Waals surface area contributed by atoms with E-state index in [0.717, 1.165) is 26.8 Å². The van der Waals surface area contributed by atoms with Crippen molar-refractivity contribution in [3.8, 4) is 0 Å². The molecule has 0 radical (unpaired) electrons. The standard InChI is InChI=1S/C13H17Br2NO2S/c1-8-3-2-4-13(18,6-8)7-16-12(17)9-5-10(14)19-11(9)15/h5,8,18H,2-4,6-7H2,1H3,(H,16,17). The van der Waals surface area contributed by atoms with Gasteiger partial charge in [0.15, 0.2) is 0 Å². The molecule has 2 rings (SSSR count). The van der Waals surface area contributed by atoms with E-state index in [1.165, 1.54) is 17.8 Å². The average molecular weight is 411 g/mol. The monoisotopic (exact) mass is 409 g/mol. The molecule has 106 valence electrons. The molecule has 6 heteroatoms. The Morgan fingerprint density at radius 1 is 1.63 bits per heavy atom. The average Bonchev–Trinajstić information content (AvgIpc) is 2.65. The predicted molar refractivity (Wildman–Crippen MR) is 84.6 cm³/mol. The highest BCUT2D eigenvalue weighted by Crippen LogP contribution is 2.33. The van der Waals surface area contributed by atoms with Crippen LogP contribution >= 0.6 is 43.2 Å². The van der Waals surface area contributed by atoms with Crippen LogP contribution in [0.25, 0.3) is 0 Å². The molecule has 19 heavy (non-hydrogen) atoms. The molecular formula is C13H17Br2NO2S. The number of carbonyl (C=O) groups excluding carboxylic acids is 1. The Bertz CT molecular complexity index is 477. The number of amides is 1. The summed E-state index contributed by atoms with van der Waals surface area (Å²) in [5.74, 6) is 0.387. The Morgan fingerprint density at radius 2 is 2.37 bits per heavy atom. The molecule has 1 heterocycles. The number of aliphatic hydroxyl groups is 1. The number of hydrogen-bond donors (Lipinski definition) is 2. The van der Waals surface area contributed by atoms with Gasteiger partial charge in [0.25, 0.3) is 5.91 Å². The zero-order chi connectivity index (χ0) is 14.0. The van der Waals surface area contributed by atoms with Crippen molar-refractivity contribution < 1.29 is 9.90 Å². The third kappa shape index (κ3) is 4.03. The molecule has 0 saturated heterocycles. The van der Waals surface area contributed by atoms with Crippen LogP contribution in [0, 0.1) is 5.92 Å². The van der Waals surface area contributed by atoms with E-state index in [9.17, 15) is 9.90 Å². The zero-order valence-electron chi connectivity index (χ0n) is 10.7. The minimum atomic E-state index is -0.743. The lowest BCUT2D eigenvalue weighted by atomic mass is 9.79. The summed E-state index contributed by atoms with van der Waals surface area (Å²) in [5.41, 5.74) is -0.128. The van der Waals surface area contributed by atoms with Gasteiger partial charge in [-0.2, -0.15) is 0 Å². The van der Waals surface area contributed by atoms with Gasteiger partial charge in [-0.1, -0.05) is 19.8 Å². The molecule has 1 amide bonds. The first kappa shape index (κ1) is 15.5. The highest BCUT2D eigenvalue weighted by molar-refractivity contribution is 9.12. The summed E-state index contributed by atoms with van der Waals surface area (Å²) >= 11 is 8.20. The van der Waals surface area contributed by atoms with Crippen LogP contribution in [0.3, 0.4) is 0 Å². The molecule has 0 aromatic carbocycles. The first-order valence-electron chi connectivity index (χ1n) is 6.35. The van der Waals surface area contributed by atoms with Crippen molar-refractivity contribution in [2.45, 2.75) is 38.2 Å². The maximum atomic E-state index is 12.1. The second-order valence-corrected chi connectivity index (χ2v) is 9.10. The third-order valence-electron chi connectivity index (χ3n) is 3.55. The topological polar surface area (TPSA) is 49.3 Å². The molecule has 1 aromatic rings. The number of nitrogens with one attached hydrogen (secondary N) is 1. The van der Waals surface area contributed by atoms with Crippen LogP contribution < -0.4 is 5.32 Å². The Labute approximate surface area is 134 Å². The summed E-state index contributed by atoms with van der Waals surface area (Å²) in [5, 5.41) is 13.3. The van der Waals surface area contributed by atoms with Gasteiger partial charge in [0.1, 0.15) is 0 Å². The highest BCUT2D eigenvalue weighted by atomic mass is 79.9. The smallest absolute Gasteiger partial charge is 0.253 e. The van der Waals surface area contributed by atoms with Crippen LogP contribution in [-0.2, 0) is 0 Å². The molecule has 1 aliphatic rings.